The molecule has 1 aliphatic heterocycles. The normalized spacial score (nSPS) is 27.9. The summed E-state index contributed by atoms with van der Waals surface area (Å²) in [6, 6.07) is 1.04. The SMILES string of the molecule is CN1CCCC(N(C)C(=NC2CC2)NN)C1. The van der Waals surface area contributed by atoms with E-state index in [4.69, 9.17) is 5.84 Å². The van der Waals surface area contributed by atoms with Crippen LogP contribution in [0.2, 0.25) is 0 Å². The van der Waals surface area contributed by atoms with Crippen molar-refractivity contribution in [3.8, 4) is 0 Å². The zero-order valence-corrected chi connectivity index (χ0v) is 10.3. The molecular weight excluding hydrogens is 202 g/mol. The summed E-state index contributed by atoms with van der Waals surface area (Å²) in [5.74, 6) is 6.40. The third-order valence-corrected chi connectivity index (χ3v) is 3.46. The van der Waals surface area contributed by atoms with E-state index in [1.807, 2.05) is 0 Å². The van der Waals surface area contributed by atoms with E-state index in [2.05, 4.69) is 34.3 Å². The van der Waals surface area contributed by atoms with Crippen LogP contribution < -0.4 is 11.3 Å². The molecule has 1 unspecified atom stereocenters. The van der Waals surface area contributed by atoms with Gasteiger partial charge in [0.15, 0.2) is 0 Å². The number of nitrogens with zero attached hydrogens (tertiary/aromatic N) is 3. The highest BCUT2D eigenvalue weighted by molar-refractivity contribution is 5.79. The molecule has 0 aromatic carbocycles. The Morgan fingerprint density at radius 2 is 2.19 bits per heavy atom. The standard InChI is InChI=1S/C11H23N5/c1-15-7-3-4-10(8-15)16(2)11(14-12)13-9-5-6-9/h9-10H,3-8,12H2,1-2H3,(H,13,14). The van der Waals surface area contributed by atoms with Crippen molar-refractivity contribution in [1.82, 2.24) is 15.2 Å². The predicted molar refractivity (Wildman–Crippen MR) is 66.1 cm³/mol. The van der Waals surface area contributed by atoms with Crippen molar-refractivity contribution >= 4 is 5.96 Å². The molecule has 2 aliphatic rings. The van der Waals surface area contributed by atoms with Crippen molar-refractivity contribution in [2.24, 2.45) is 10.8 Å². The van der Waals surface area contributed by atoms with Gasteiger partial charge in [0.1, 0.15) is 0 Å². The molecule has 2 fully saturated rings. The number of piperidine rings is 1. The third-order valence-electron chi connectivity index (χ3n) is 3.46. The van der Waals surface area contributed by atoms with E-state index in [1.54, 1.807) is 0 Å². The van der Waals surface area contributed by atoms with Gasteiger partial charge in [-0.1, -0.05) is 0 Å². The molecule has 5 heteroatoms. The van der Waals surface area contributed by atoms with E-state index < -0.39 is 0 Å². The van der Waals surface area contributed by atoms with E-state index >= 15 is 0 Å². The first kappa shape index (κ1) is 11.7. The largest absolute Gasteiger partial charge is 0.341 e. The predicted octanol–water partition coefficient (Wildman–Crippen LogP) is -0.00590. The first-order valence-electron chi connectivity index (χ1n) is 6.16. The number of hydrogen-bond donors (Lipinski definition) is 2. The van der Waals surface area contributed by atoms with Crippen molar-refractivity contribution < 1.29 is 0 Å². The molecule has 1 heterocycles. The van der Waals surface area contributed by atoms with Gasteiger partial charge in [0, 0.05) is 19.6 Å². The summed E-state index contributed by atoms with van der Waals surface area (Å²) in [7, 11) is 4.26. The van der Waals surface area contributed by atoms with Crippen molar-refractivity contribution in [1.29, 1.82) is 0 Å². The summed E-state index contributed by atoms with van der Waals surface area (Å²) in [6.45, 7) is 2.30. The Balaban J connectivity index is 1.95. The highest BCUT2D eigenvalue weighted by atomic mass is 15.4. The zero-order chi connectivity index (χ0) is 11.5. The second kappa shape index (κ2) is 5.01. The number of likely N-dealkylation sites (N-methyl/N-ethyl adjacent to an activating group) is 2. The van der Waals surface area contributed by atoms with Gasteiger partial charge in [-0.05, 0) is 39.3 Å². The van der Waals surface area contributed by atoms with Crippen molar-refractivity contribution in [3.05, 3.63) is 0 Å². The average Bonchev–Trinajstić information content (AvgIpc) is 3.09. The minimum Gasteiger partial charge on any atom is -0.341 e. The van der Waals surface area contributed by atoms with Gasteiger partial charge >= 0.3 is 0 Å². The number of guanidine groups is 1. The van der Waals surface area contributed by atoms with Gasteiger partial charge < -0.3 is 9.80 Å². The van der Waals surface area contributed by atoms with Gasteiger partial charge in [0.25, 0.3) is 0 Å². The molecule has 2 rings (SSSR count). The molecule has 0 spiro atoms. The zero-order valence-electron chi connectivity index (χ0n) is 10.3. The van der Waals surface area contributed by atoms with E-state index in [9.17, 15) is 0 Å². The fraction of sp³-hybridized carbons (Fsp3) is 0.909. The number of rotatable bonds is 2. The van der Waals surface area contributed by atoms with E-state index in [0.717, 1.165) is 12.5 Å². The highest BCUT2D eigenvalue weighted by Gasteiger charge is 2.26. The van der Waals surface area contributed by atoms with Crippen molar-refractivity contribution in [2.75, 3.05) is 27.2 Å². The van der Waals surface area contributed by atoms with Gasteiger partial charge in [0.2, 0.25) is 5.96 Å². The van der Waals surface area contributed by atoms with Gasteiger partial charge in [-0.25, -0.2) is 10.8 Å². The number of hydrogen-bond acceptors (Lipinski definition) is 3. The Kier molecular flexibility index (Phi) is 3.66. The highest BCUT2D eigenvalue weighted by Crippen LogP contribution is 2.24. The molecule has 1 saturated heterocycles. The second-order valence-electron chi connectivity index (χ2n) is 5.00. The lowest BCUT2D eigenvalue weighted by atomic mass is 10.1. The smallest absolute Gasteiger partial charge is 0.208 e. The van der Waals surface area contributed by atoms with Gasteiger partial charge in [-0.3, -0.25) is 5.43 Å². The molecule has 0 amide bonds. The number of likely N-dealkylation sites (tertiary alicyclic amines) is 1. The number of hydrazine groups is 1. The lowest BCUT2D eigenvalue weighted by Gasteiger charge is -2.37. The number of nitrogens with one attached hydrogen (secondary N) is 1. The van der Waals surface area contributed by atoms with Gasteiger partial charge in [0.05, 0.1) is 6.04 Å². The van der Waals surface area contributed by atoms with Crippen LogP contribution in [0.1, 0.15) is 25.7 Å². The molecule has 0 radical (unpaired) electrons. The summed E-state index contributed by atoms with van der Waals surface area (Å²) in [6.07, 6.45) is 4.91. The third kappa shape index (κ3) is 2.86. The minimum absolute atomic E-state index is 0.509. The molecule has 92 valence electrons. The second-order valence-corrected chi connectivity index (χ2v) is 5.00. The van der Waals surface area contributed by atoms with Crippen LogP contribution in [0.25, 0.3) is 0 Å². The summed E-state index contributed by atoms with van der Waals surface area (Å²) < 4.78 is 0. The van der Waals surface area contributed by atoms with Crippen LogP contribution in [0.3, 0.4) is 0 Å². The molecular formula is C11H23N5. The summed E-state index contributed by atoms with van der Waals surface area (Å²) in [5, 5.41) is 0. The summed E-state index contributed by atoms with van der Waals surface area (Å²) in [4.78, 5) is 9.17. The van der Waals surface area contributed by atoms with Crippen LogP contribution in [-0.4, -0.2) is 55.0 Å². The first-order chi connectivity index (χ1) is 7.70. The molecule has 1 atom stereocenters. The summed E-state index contributed by atoms with van der Waals surface area (Å²) in [5.41, 5.74) is 2.74. The minimum atomic E-state index is 0.509. The quantitative estimate of drug-likeness (QED) is 0.300. The van der Waals surface area contributed by atoms with Crippen LogP contribution in [0, 0.1) is 0 Å². The molecule has 1 aliphatic carbocycles. The van der Waals surface area contributed by atoms with Crippen molar-refractivity contribution in [3.63, 3.8) is 0 Å². The van der Waals surface area contributed by atoms with Gasteiger partial charge in [-0.2, -0.15) is 0 Å². The molecule has 16 heavy (non-hydrogen) atoms. The van der Waals surface area contributed by atoms with Crippen molar-refractivity contribution in [2.45, 2.75) is 37.8 Å². The van der Waals surface area contributed by atoms with Crippen LogP contribution in [0.15, 0.2) is 4.99 Å². The number of nitrogens with two attached hydrogens (primary N) is 1. The lowest BCUT2D eigenvalue weighted by molar-refractivity contribution is 0.179. The summed E-state index contributed by atoms with van der Waals surface area (Å²) >= 11 is 0. The van der Waals surface area contributed by atoms with Gasteiger partial charge in [-0.15, -0.1) is 0 Å². The van der Waals surface area contributed by atoms with Crippen LogP contribution >= 0.6 is 0 Å². The Hall–Kier alpha value is -0.810. The monoisotopic (exact) mass is 225 g/mol. The molecule has 0 bridgehead atoms. The average molecular weight is 225 g/mol. The van der Waals surface area contributed by atoms with E-state index in [0.29, 0.717) is 12.1 Å². The molecule has 3 N–H and O–H groups in total. The Bertz CT molecular complexity index is 261. The maximum atomic E-state index is 5.56. The number of aliphatic imine (C=N–C) groups is 1. The maximum Gasteiger partial charge on any atom is 0.208 e. The topological polar surface area (TPSA) is 56.9 Å². The fourth-order valence-electron chi connectivity index (χ4n) is 2.23. The van der Waals surface area contributed by atoms with E-state index in [-0.39, 0.29) is 0 Å². The molecule has 5 nitrogen and oxygen atoms in total. The maximum absolute atomic E-state index is 5.56. The van der Waals surface area contributed by atoms with Crippen LogP contribution in [-0.2, 0) is 0 Å². The van der Waals surface area contributed by atoms with E-state index in [1.165, 1.54) is 32.2 Å². The lowest BCUT2D eigenvalue weighted by Crippen LogP contribution is -2.52. The molecule has 0 aromatic rings. The molecule has 1 saturated carbocycles. The Morgan fingerprint density at radius 1 is 1.44 bits per heavy atom. The molecule has 0 aromatic heterocycles. The Morgan fingerprint density at radius 3 is 2.75 bits per heavy atom. The first-order valence-corrected chi connectivity index (χ1v) is 6.16. The van der Waals surface area contributed by atoms with Crippen LogP contribution in [0.5, 0.6) is 0 Å². The Labute approximate surface area is 97.7 Å². The van der Waals surface area contributed by atoms with Crippen LogP contribution in [0.4, 0.5) is 0 Å². The fourth-order valence-corrected chi connectivity index (χ4v) is 2.23.